The molecule has 2 aromatic rings. The van der Waals surface area contributed by atoms with Crippen molar-refractivity contribution in [3.05, 3.63) is 34.8 Å². The molecule has 0 saturated heterocycles. The zero-order valence-electron chi connectivity index (χ0n) is 11.6. The van der Waals surface area contributed by atoms with Crippen LogP contribution in [0.2, 0.25) is 0 Å². The summed E-state index contributed by atoms with van der Waals surface area (Å²) < 4.78 is 6.81. The molecular formula is C14H20N2O3. The molecule has 1 aromatic heterocycles. The highest BCUT2D eigenvalue weighted by Crippen LogP contribution is 2.14. The summed E-state index contributed by atoms with van der Waals surface area (Å²) in [6.45, 7) is 5.20. The Balaban J connectivity index is 2.19. The number of aromatic nitrogens is 1. The summed E-state index contributed by atoms with van der Waals surface area (Å²) in [7, 11) is 1.93. The smallest absolute Gasteiger partial charge is 0.408 e. The highest BCUT2D eigenvalue weighted by Gasteiger charge is 2.22. The van der Waals surface area contributed by atoms with E-state index < -0.39 is 0 Å². The third-order valence-electron chi connectivity index (χ3n) is 3.65. The van der Waals surface area contributed by atoms with E-state index >= 15 is 0 Å². The van der Waals surface area contributed by atoms with Crippen molar-refractivity contribution in [1.82, 2.24) is 9.47 Å². The van der Waals surface area contributed by atoms with Gasteiger partial charge in [0.1, 0.15) is 0 Å². The molecule has 1 N–H and O–H groups in total. The van der Waals surface area contributed by atoms with Crippen LogP contribution in [0.3, 0.4) is 0 Å². The molecule has 1 aromatic carbocycles. The van der Waals surface area contributed by atoms with Gasteiger partial charge in [-0.3, -0.25) is 9.47 Å². The Kier molecular flexibility index (Phi) is 3.78. The van der Waals surface area contributed by atoms with Crippen molar-refractivity contribution in [3.63, 3.8) is 0 Å². The summed E-state index contributed by atoms with van der Waals surface area (Å²) in [6, 6.07) is 7.39. The monoisotopic (exact) mass is 264 g/mol. The first kappa shape index (κ1) is 13.8. The van der Waals surface area contributed by atoms with Crippen LogP contribution in [0.15, 0.2) is 33.5 Å². The molecule has 0 saturated carbocycles. The van der Waals surface area contributed by atoms with E-state index in [0.717, 1.165) is 5.52 Å². The topological polar surface area (TPSA) is 58.6 Å². The van der Waals surface area contributed by atoms with Gasteiger partial charge in [-0.2, -0.15) is 0 Å². The molecule has 5 heteroatoms. The van der Waals surface area contributed by atoms with Gasteiger partial charge in [0.2, 0.25) is 0 Å². The molecule has 0 fully saturated rings. The molecule has 19 heavy (non-hydrogen) atoms. The molecule has 0 aliphatic carbocycles. The first-order valence-corrected chi connectivity index (χ1v) is 6.36. The van der Waals surface area contributed by atoms with E-state index in [2.05, 4.69) is 0 Å². The summed E-state index contributed by atoms with van der Waals surface area (Å²) in [5.41, 5.74) is 1.11. The van der Waals surface area contributed by atoms with Gasteiger partial charge in [-0.25, -0.2) is 4.79 Å². The second-order valence-electron chi connectivity index (χ2n) is 5.38. The summed E-state index contributed by atoms with van der Waals surface area (Å²) >= 11 is 0. The highest BCUT2D eigenvalue weighted by molar-refractivity contribution is 5.72. The Morgan fingerprint density at radius 3 is 2.74 bits per heavy atom. The zero-order valence-corrected chi connectivity index (χ0v) is 11.6. The second-order valence-corrected chi connectivity index (χ2v) is 5.38. The number of aliphatic hydroxyl groups is 1. The van der Waals surface area contributed by atoms with Crippen LogP contribution in [-0.2, 0) is 6.54 Å². The first-order chi connectivity index (χ1) is 8.95. The maximum Gasteiger partial charge on any atom is 0.419 e. The Morgan fingerprint density at radius 2 is 2.05 bits per heavy atom. The van der Waals surface area contributed by atoms with Crippen LogP contribution in [0, 0.1) is 0 Å². The quantitative estimate of drug-likeness (QED) is 0.884. The van der Waals surface area contributed by atoms with Gasteiger partial charge in [-0.05, 0) is 33.0 Å². The van der Waals surface area contributed by atoms with Crippen molar-refractivity contribution in [2.24, 2.45) is 0 Å². The minimum absolute atomic E-state index is 0.0739. The standard InChI is InChI=1S/C14H20N2O3/c1-14(2,10-17)15(3)8-9-16-11-6-4-5-7-12(11)19-13(16)18/h4-7,17H,8-10H2,1-3H3. The SMILES string of the molecule is CN(CCn1c(=O)oc2ccccc21)C(C)(C)CO. The number of rotatable bonds is 5. The van der Waals surface area contributed by atoms with E-state index in [0.29, 0.717) is 18.7 Å². The Hall–Kier alpha value is -1.59. The average Bonchev–Trinajstić information content (AvgIpc) is 2.71. The van der Waals surface area contributed by atoms with E-state index in [1.54, 1.807) is 10.6 Å². The van der Waals surface area contributed by atoms with Gasteiger partial charge >= 0.3 is 5.76 Å². The van der Waals surface area contributed by atoms with E-state index in [1.807, 2.05) is 44.0 Å². The molecule has 0 atom stereocenters. The van der Waals surface area contributed by atoms with Gasteiger partial charge in [0, 0.05) is 18.6 Å². The molecule has 0 aliphatic heterocycles. The molecule has 0 spiro atoms. The molecule has 0 bridgehead atoms. The lowest BCUT2D eigenvalue weighted by atomic mass is 10.1. The lowest BCUT2D eigenvalue weighted by molar-refractivity contribution is 0.0762. The maximum absolute atomic E-state index is 11.8. The Morgan fingerprint density at radius 1 is 1.37 bits per heavy atom. The van der Waals surface area contributed by atoms with Gasteiger partial charge < -0.3 is 9.52 Å². The number of fused-ring (bicyclic) bond motifs is 1. The maximum atomic E-state index is 11.8. The van der Waals surface area contributed by atoms with Gasteiger partial charge in [0.15, 0.2) is 5.58 Å². The van der Waals surface area contributed by atoms with Crippen molar-refractivity contribution < 1.29 is 9.52 Å². The molecule has 0 radical (unpaired) electrons. The van der Waals surface area contributed by atoms with Crippen LogP contribution >= 0.6 is 0 Å². The van der Waals surface area contributed by atoms with Crippen molar-refractivity contribution in [1.29, 1.82) is 0 Å². The predicted octanol–water partition coefficient (Wildman–Crippen LogP) is 1.30. The first-order valence-electron chi connectivity index (χ1n) is 6.36. The Labute approximate surface area is 112 Å². The van der Waals surface area contributed by atoms with Gasteiger partial charge in [0.05, 0.1) is 12.1 Å². The molecular weight excluding hydrogens is 244 g/mol. The van der Waals surface area contributed by atoms with Crippen LogP contribution in [-0.4, -0.2) is 40.3 Å². The van der Waals surface area contributed by atoms with Crippen LogP contribution < -0.4 is 5.76 Å². The largest absolute Gasteiger partial charge is 0.419 e. The van der Waals surface area contributed by atoms with Crippen molar-refractivity contribution >= 4 is 11.1 Å². The van der Waals surface area contributed by atoms with Crippen LogP contribution in [0.25, 0.3) is 11.1 Å². The third kappa shape index (κ3) is 2.72. The normalized spacial score (nSPS) is 12.5. The van der Waals surface area contributed by atoms with E-state index in [9.17, 15) is 9.90 Å². The summed E-state index contributed by atoms with van der Waals surface area (Å²) in [5.74, 6) is -0.337. The summed E-state index contributed by atoms with van der Waals surface area (Å²) in [5, 5.41) is 9.32. The minimum Gasteiger partial charge on any atom is -0.408 e. The lowest BCUT2D eigenvalue weighted by Gasteiger charge is -2.33. The summed E-state index contributed by atoms with van der Waals surface area (Å²) in [6.07, 6.45) is 0. The minimum atomic E-state index is -0.337. The highest BCUT2D eigenvalue weighted by atomic mass is 16.4. The van der Waals surface area contributed by atoms with Crippen LogP contribution in [0.1, 0.15) is 13.8 Å². The molecule has 0 unspecified atom stereocenters. The molecule has 1 heterocycles. The van der Waals surface area contributed by atoms with Crippen LogP contribution in [0.4, 0.5) is 0 Å². The van der Waals surface area contributed by atoms with Crippen molar-refractivity contribution in [2.45, 2.75) is 25.9 Å². The number of likely N-dealkylation sites (N-methyl/N-ethyl adjacent to an activating group) is 1. The second kappa shape index (κ2) is 5.19. The molecule has 5 nitrogen and oxygen atoms in total. The third-order valence-corrected chi connectivity index (χ3v) is 3.65. The van der Waals surface area contributed by atoms with Crippen molar-refractivity contribution in [3.8, 4) is 0 Å². The Bertz CT molecular complexity index is 612. The molecule has 104 valence electrons. The molecule has 2 rings (SSSR count). The summed E-state index contributed by atoms with van der Waals surface area (Å²) in [4.78, 5) is 13.8. The average molecular weight is 264 g/mol. The number of benzene rings is 1. The number of hydrogen-bond donors (Lipinski definition) is 1. The van der Waals surface area contributed by atoms with E-state index in [4.69, 9.17) is 4.42 Å². The fraction of sp³-hybridized carbons (Fsp3) is 0.500. The zero-order chi connectivity index (χ0) is 14.0. The van der Waals surface area contributed by atoms with Gasteiger partial charge in [-0.15, -0.1) is 0 Å². The molecule has 0 amide bonds. The number of nitrogens with zero attached hydrogens (tertiary/aromatic N) is 2. The number of hydrogen-bond acceptors (Lipinski definition) is 4. The van der Waals surface area contributed by atoms with E-state index in [1.165, 1.54) is 0 Å². The molecule has 0 aliphatic rings. The fourth-order valence-corrected chi connectivity index (χ4v) is 1.90. The van der Waals surface area contributed by atoms with Gasteiger partial charge in [-0.1, -0.05) is 12.1 Å². The van der Waals surface area contributed by atoms with E-state index in [-0.39, 0.29) is 17.9 Å². The van der Waals surface area contributed by atoms with Crippen LogP contribution in [0.5, 0.6) is 0 Å². The van der Waals surface area contributed by atoms with Gasteiger partial charge in [0.25, 0.3) is 0 Å². The number of oxazole rings is 1. The number of para-hydroxylation sites is 2. The lowest BCUT2D eigenvalue weighted by Crippen LogP contribution is -2.45. The predicted molar refractivity (Wildman–Crippen MR) is 74.3 cm³/mol. The fourth-order valence-electron chi connectivity index (χ4n) is 1.90. The van der Waals surface area contributed by atoms with Crippen molar-refractivity contribution in [2.75, 3.05) is 20.2 Å². The number of aliphatic hydroxyl groups excluding tert-OH is 1.